The van der Waals surface area contributed by atoms with Crippen molar-refractivity contribution in [2.75, 3.05) is 0 Å². The molecule has 1 aromatic carbocycles. The largest absolute Gasteiger partial charge is 0.477 e. The molecule has 0 saturated heterocycles. The number of rotatable bonds is 11. The number of carbonyl (C=O) groups is 1. The molecule has 0 bridgehead atoms. The molecule has 0 unspecified atom stereocenters. The van der Waals surface area contributed by atoms with E-state index in [0.29, 0.717) is 4.88 Å². The zero-order valence-electron chi connectivity index (χ0n) is 16.9. The lowest BCUT2D eigenvalue weighted by atomic mass is 10.1. The first kappa shape index (κ1) is 21.7. The third-order valence-electron chi connectivity index (χ3n) is 5.18. The van der Waals surface area contributed by atoms with Crippen molar-refractivity contribution >= 4 is 28.9 Å². The normalized spacial score (nSPS) is 11.1. The Bertz CT molecular complexity index is 944. The topological polar surface area (TPSA) is 42.2 Å². The van der Waals surface area contributed by atoms with Crippen molar-refractivity contribution in [3.63, 3.8) is 0 Å². The van der Waals surface area contributed by atoms with Gasteiger partial charge in [0.2, 0.25) is 0 Å². The summed E-state index contributed by atoms with van der Waals surface area (Å²) in [5.41, 5.74) is 3.57. The number of aromatic nitrogens is 1. The number of unbranched alkanes of at least 4 members (excludes halogenated alkanes) is 3. The molecule has 0 radical (unpaired) electrons. The van der Waals surface area contributed by atoms with Crippen molar-refractivity contribution < 1.29 is 9.90 Å². The second-order valence-corrected chi connectivity index (χ2v) is 8.96. The van der Waals surface area contributed by atoms with Gasteiger partial charge in [-0.2, -0.15) is 0 Å². The van der Waals surface area contributed by atoms with Gasteiger partial charge in [0.05, 0.1) is 0 Å². The summed E-state index contributed by atoms with van der Waals surface area (Å²) in [4.78, 5) is 12.5. The lowest BCUT2D eigenvalue weighted by Crippen LogP contribution is -2.00. The predicted octanol–water partition coefficient (Wildman–Crippen LogP) is 7.19. The van der Waals surface area contributed by atoms with Gasteiger partial charge in [-0.15, -0.1) is 11.3 Å². The van der Waals surface area contributed by atoms with Crippen molar-refractivity contribution in [3.8, 4) is 5.69 Å². The van der Waals surface area contributed by atoms with Crippen LogP contribution in [0.25, 0.3) is 5.69 Å². The number of carboxylic acid groups (broad SMARTS) is 1. The van der Waals surface area contributed by atoms with Crippen LogP contribution in [-0.4, -0.2) is 15.6 Å². The van der Waals surface area contributed by atoms with Gasteiger partial charge >= 0.3 is 5.97 Å². The average Bonchev–Trinajstić information content (AvgIpc) is 3.36. The molecule has 0 aliphatic carbocycles. The Labute approximate surface area is 182 Å². The maximum atomic E-state index is 11.0. The molecular weight excluding hydrogens is 402 g/mol. The number of aromatic carboxylic acids is 1. The Morgan fingerprint density at radius 1 is 1.03 bits per heavy atom. The smallest absolute Gasteiger partial charge is 0.345 e. The number of carboxylic acids is 1. The van der Waals surface area contributed by atoms with E-state index >= 15 is 0 Å². The number of benzene rings is 1. The Hall–Kier alpha value is -2.04. The number of hydrogen-bond donors (Lipinski definition) is 1. The molecule has 3 nitrogen and oxygen atoms in total. The summed E-state index contributed by atoms with van der Waals surface area (Å²) < 4.78 is 2.20. The summed E-state index contributed by atoms with van der Waals surface area (Å²) in [6.07, 6.45) is 10.9. The zero-order chi connectivity index (χ0) is 20.6. The van der Waals surface area contributed by atoms with E-state index in [-0.39, 0.29) is 0 Å². The van der Waals surface area contributed by atoms with Crippen molar-refractivity contribution in [3.05, 3.63) is 74.7 Å². The van der Waals surface area contributed by atoms with Crippen LogP contribution in [0.15, 0.2) is 48.7 Å². The molecule has 1 N–H and O–H groups in total. The highest BCUT2D eigenvalue weighted by molar-refractivity contribution is 7.13. The first-order valence-corrected chi connectivity index (χ1v) is 11.5. The quantitative estimate of drug-likeness (QED) is 0.328. The van der Waals surface area contributed by atoms with E-state index in [4.69, 9.17) is 16.7 Å². The SMILES string of the molecule is CCCCCCc1ccc(-n2cccc2CCCc2ccc(C(=O)O)s2)cc1Cl. The molecule has 0 fully saturated rings. The molecule has 3 rings (SSSR count). The number of thiophene rings is 1. The summed E-state index contributed by atoms with van der Waals surface area (Å²) in [7, 11) is 0. The van der Waals surface area contributed by atoms with Gasteiger partial charge in [-0.25, -0.2) is 4.79 Å². The van der Waals surface area contributed by atoms with Crippen LogP contribution in [0.5, 0.6) is 0 Å². The van der Waals surface area contributed by atoms with Gasteiger partial charge in [0, 0.05) is 27.5 Å². The summed E-state index contributed by atoms with van der Waals surface area (Å²) in [6.45, 7) is 2.23. The number of hydrogen-bond acceptors (Lipinski definition) is 2. The molecule has 0 aliphatic heterocycles. The lowest BCUT2D eigenvalue weighted by molar-refractivity contribution is 0.0702. The minimum atomic E-state index is -0.846. The first-order chi connectivity index (χ1) is 14.1. The summed E-state index contributed by atoms with van der Waals surface area (Å²) in [5.74, 6) is -0.846. The molecule has 0 aliphatic rings. The van der Waals surface area contributed by atoms with Crippen LogP contribution in [0.2, 0.25) is 5.02 Å². The van der Waals surface area contributed by atoms with E-state index in [1.807, 2.05) is 6.07 Å². The van der Waals surface area contributed by atoms with Crippen LogP contribution in [-0.2, 0) is 19.3 Å². The van der Waals surface area contributed by atoms with Crippen molar-refractivity contribution in [2.24, 2.45) is 0 Å². The van der Waals surface area contributed by atoms with Crippen molar-refractivity contribution in [1.82, 2.24) is 4.57 Å². The molecule has 0 saturated carbocycles. The minimum absolute atomic E-state index is 0.410. The van der Waals surface area contributed by atoms with Crippen LogP contribution >= 0.6 is 22.9 Å². The predicted molar refractivity (Wildman–Crippen MR) is 122 cm³/mol. The average molecular weight is 430 g/mol. The summed E-state index contributed by atoms with van der Waals surface area (Å²) >= 11 is 7.93. The van der Waals surface area contributed by atoms with Gasteiger partial charge in [0.25, 0.3) is 0 Å². The van der Waals surface area contributed by atoms with Gasteiger partial charge in [-0.05, 0) is 74.1 Å². The van der Waals surface area contributed by atoms with Crippen LogP contribution in [0.4, 0.5) is 0 Å². The van der Waals surface area contributed by atoms with Crippen LogP contribution in [0, 0.1) is 0 Å². The molecule has 3 aromatic rings. The number of nitrogens with zero attached hydrogens (tertiary/aromatic N) is 1. The van der Waals surface area contributed by atoms with E-state index in [1.54, 1.807) is 6.07 Å². The Morgan fingerprint density at radius 2 is 1.90 bits per heavy atom. The molecule has 2 heterocycles. The Morgan fingerprint density at radius 3 is 2.62 bits per heavy atom. The first-order valence-electron chi connectivity index (χ1n) is 10.4. The maximum absolute atomic E-state index is 11.0. The highest BCUT2D eigenvalue weighted by Gasteiger charge is 2.09. The Kier molecular flexibility index (Phi) is 7.96. The fourth-order valence-electron chi connectivity index (χ4n) is 3.57. The Balaban J connectivity index is 1.60. The highest BCUT2D eigenvalue weighted by Crippen LogP contribution is 2.25. The molecule has 5 heteroatoms. The van der Waals surface area contributed by atoms with Gasteiger partial charge in [-0.3, -0.25) is 0 Å². The highest BCUT2D eigenvalue weighted by atomic mass is 35.5. The summed E-state index contributed by atoms with van der Waals surface area (Å²) in [6, 6.07) is 14.2. The van der Waals surface area contributed by atoms with Crippen molar-refractivity contribution in [1.29, 1.82) is 0 Å². The van der Waals surface area contributed by atoms with Gasteiger partial charge in [-0.1, -0.05) is 43.9 Å². The molecule has 2 aromatic heterocycles. The number of aryl methyl sites for hydroxylation is 3. The van der Waals surface area contributed by atoms with Gasteiger partial charge < -0.3 is 9.67 Å². The van der Waals surface area contributed by atoms with E-state index in [2.05, 4.69) is 48.0 Å². The van der Waals surface area contributed by atoms with E-state index < -0.39 is 5.97 Å². The van der Waals surface area contributed by atoms with Crippen molar-refractivity contribution in [2.45, 2.75) is 58.3 Å². The monoisotopic (exact) mass is 429 g/mol. The zero-order valence-corrected chi connectivity index (χ0v) is 18.4. The van der Waals surface area contributed by atoms with E-state index in [1.165, 1.54) is 48.3 Å². The van der Waals surface area contributed by atoms with Crippen LogP contribution < -0.4 is 0 Å². The maximum Gasteiger partial charge on any atom is 0.345 e. The molecular formula is C24H28ClNO2S. The summed E-state index contributed by atoms with van der Waals surface area (Å²) in [5, 5.41) is 9.89. The molecule has 0 spiro atoms. The van der Waals surface area contributed by atoms with E-state index in [9.17, 15) is 4.79 Å². The molecule has 154 valence electrons. The molecule has 29 heavy (non-hydrogen) atoms. The molecule has 0 atom stereocenters. The fraction of sp³-hybridized carbons (Fsp3) is 0.375. The molecule has 0 amide bonds. The van der Waals surface area contributed by atoms with Gasteiger partial charge in [0.15, 0.2) is 0 Å². The number of halogens is 1. The standard InChI is InChI=1S/C24H28ClNO2S/c1-2-3-4-5-8-18-12-13-20(17-22(18)25)26-16-7-10-19(26)9-6-11-21-14-15-23(29-21)24(27)28/h7,10,12-17H,2-6,8-9,11H2,1H3,(H,27,28). The van der Waals surface area contributed by atoms with Gasteiger partial charge in [0.1, 0.15) is 4.88 Å². The fourth-order valence-corrected chi connectivity index (χ4v) is 4.73. The lowest BCUT2D eigenvalue weighted by Gasteiger charge is -2.12. The van der Waals surface area contributed by atoms with Crippen LogP contribution in [0.3, 0.4) is 0 Å². The minimum Gasteiger partial charge on any atom is -0.477 e. The second-order valence-electron chi connectivity index (χ2n) is 7.38. The third-order valence-corrected chi connectivity index (χ3v) is 6.66. The third kappa shape index (κ3) is 5.97. The van der Waals surface area contributed by atoms with E-state index in [0.717, 1.165) is 41.3 Å². The second kappa shape index (κ2) is 10.7. The van der Waals surface area contributed by atoms with Crippen LogP contribution in [0.1, 0.15) is 64.8 Å².